The van der Waals surface area contributed by atoms with E-state index in [2.05, 4.69) is 10.6 Å². The standard InChI is InChI=1S/C25H31N5O9S/c1-5-28-11-12-29(20(34)19(28)33)24(39)27-15(14-9-7-6-8-10-14)18(32)26-16(22(35)36)21-30(13(2)31)17(23(37)38)25(3,4)40-21/h6-10,15-17,21H,5,11-12H2,1-4H3,(H,26,32)(H,27,39)(H,35,36)(H,37,38)/t15-,16?,17+,21?/m1/s1. The normalized spacial score (nSPS) is 21.9. The second-order valence-corrected chi connectivity index (χ2v) is 11.5. The Bertz CT molecular complexity index is 1220. The number of nitrogens with zero attached hydrogens (tertiary/aromatic N) is 3. The molecule has 4 N–H and O–H groups in total. The third-order valence-electron chi connectivity index (χ3n) is 6.68. The highest BCUT2D eigenvalue weighted by molar-refractivity contribution is 8.01. The summed E-state index contributed by atoms with van der Waals surface area (Å²) >= 11 is 0.912. The lowest BCUT2D eigenvalue weighted by molar-refractivity contribution is -0.153. The van der Waals surface area contributed by atoms with Crippen LogP contribution < -0.4 is 10.6 Å². The summed E-state index contributed by atoms with van der Waals surface area (Å²) in [4.78, 5) is 91.1. The average Bonchev–Trinajstić information content (AvgIpc) is 3.18. The fraction of sp³-hybridized carbons (Fsp3) is 0.480. The highest BCUT2D eigenvalue weighted by atomic mass is 32.2. The van der Waals surface area contributed by atoms with Crippen molar-refractivity contribution < 1.29 is 43.8 Å². The van der Waals surface area contributed by atoms with E-state index >= 15 is 0 Å². The van der Waals surface area contributed by atoms with E-state index < -0.39 is 69.8 Å². The Hall–Kier alpha value is -4.14. The molecule has 2 unspecified atom stereocenters. The summed E-state index contributed by atoms with van der Waals surface area (Å²) < 4.78 is -1.10. The summed E-state index contributed by atoms with van der Waals surface area (Å²) in [6.45, 7) is 6.18. The molecule has 1 aromatic rings. The number of urea groups is 1. The van der Waals surface area contributed by atoms with Crippen LogP contribution in [0.15, 0.2) is 30.3 Å². The largest absolute Gasteiger partial charge is 0.480 e. The maximum absolute atomic E-state index is 13.5. The molecule has 2 fully saturated rings. The third kappa shape index (κ3) is 6.03. The van der Waals surface area contributed by atoms with Crippen LogP contribution in [-0.2, 0) is 28.8 Å². The summed E-state index contributed by atoms with van der Waals surface area (Å²) in [5, 5.41) is 23.3. The van der Waals surface area contributed by atoms with Gasteiger partial charge >= 0.3 is 29.8 Å². The second-order valence-electron chi connectivity index (χ2n) is 9.74. The van der Waals surface area contributed by atoms with Gasteiger partial charge in [0.25, 0.3) is 0 Å². The fourth-order valence-electron chi connectivity index (χ4n) is 4.73. The van der Waals surface area contributed by atoms with Gasteiger partial charge in [-0.05, 0) is 26.3 Å². The van der Waals surface area contributed by atoms with Crippen molar-refractivity contribution in [2.75, 3.05) is 19.6 Å². The van der Waals surface area contributed by atoms with Gasteiger partial charge < -0.3 is 30.6 Å². The van der Waals surface area contributed by atoms with Crippen molar-refractivity contribution in [2.24, 2.45) is 0 Å². The Balaban J connectivity index is 1.91. The topological polar surface area (TPSA) is 194 Å². The van der Waals surface area contributed by atoms with E-state index in [0.29, 0.717) is 4.90 Å². The first kappa shape index (κ1) is 30.4. The van der Waals surface area contributed by atoms with Gasteiger partial charge in [-0.3, -0.25) is 24.1 Å². The lowest BCUT2D eigenvalue weighted by Gasteiger charge is -2.33. The molecule has 3 rings (SSSR count). The zero-order valence-electron chi connectivity index (χ0n) is 22.3. The van der Waals surface area contributed by atoms with Crippen molar-refractivity contribution in [3.63, 3.8) is 0 Å². The average molecular weight is 578 g/mol. The first-order valence-corrected chi connectivity index (χ1v) is 13.3. The summed E-state index contributed by atoms with van der Waals surface area (Å²) in [5.74, 6) is -6.48. The second kappa shape index (κ2) is 11.9. The molecule has 2 saturated heterocycles. The molecule has 1 aromatic carbocycles. The number of carboxylic acid groups (broad SMARTS) is 2. The number of hydrogen-bond acceptors (Lipinski definition) is 8. The van der Waals surface area contributed by atoms with Crippen LogP contribution in [0.5, 0.6) is 0 Å². The SMILES string of the molecule is CCN1CCN(C(=O)N[C@@H](C(=O)NC(C(=O)O)C2SC(C)(C)[C@H](C(=O)O)N2C(C)=O)c2ccccc2)C(=O)C1=O. The van der Waals surface area contributed by atoms with Gasteiger partial charge in [0, 0.05) is 31.3 Å². The van der Waals surface area contributed by atoms with Crippen LogP contribution in [0.1, 0.15) is 39.3 Å². The van der Waals surface area contributed by atoms with E-state index in [4.69, 9.17) is 0 Å². The lowest BCUT2D eigenvalue weighted by atomic mass is 10.0. The number of carbonyl (C=O) groups is 7. The number of likely N-dealkylation sites (N-methyl/N-ethyl adjacent to an activating group) is 1. The minimum absolute atomic E-state index is 0.108. The van der Waals surface area contributed by atoms with Crippen molar-refractivity contribution >= 4 is 53.4 Å². The predicted molar refractivity (Wildman–Crippen MR) is 141 cm³/mol. The van der Waals surface area contributed by atoms with E-state index in [0.717, 1.165) is 23.6 Å². The van der Waals surface area contributed by atoms with E-state index in [-0.39, 0.29) is 25.2 Å². The monoisotopic (exact) mass is 577 g/mol. The van der Waals surface area contributed by atoms with Crippen molar-refractivity contribution in [3.8, 4) is 0 Å². The molecule has 0 radical (unpaired) electrons. The van der Waals surface area contributed by atoms with Crippen molar-refractivity contribution in [2.45, 2.75) is 55.9 Å². The molecule has 4 atom stereocenters. The van der Waals surface area contributed by atoms with Crippen LogP contribution in [-0.4, -0.2) is 108 Å². The maximum Gasteiger partial charge on any atom is 0.329 e. The molecule has 15 heteroatoms. The zero-order chi connectivity index (χ0) is 29.9. The number of piperazine rings is 1. The molecule has 0 spiro atoms. The molecule has 2 aliphatic heterocycles. The van der Waals surface area contributed by atoms with Crippen LogP contribution in [0.2, 0.25) is 0 Å². The summed E-state index contributed by atoms with van der Waals surface area (Å²) in [7, 11) is 0. The van der Waals surface area contributed by atoms with Crippen molar-refractivity contribution in [1.29, 1.82) is 0 Å². The third-order valence-corrected chi connectivity index (χ3v) is 8.25. The highest BCUT2D eigenvalue weighted by Crippen LogP contribution is 2.46. The minimum Gasteiger partial charge on any atom is -0.480 e. The fourth-order valence-corrected chi connectivity index (χ4v) is 6.40. The number of nitrogens with one attached hydrogen (secondary N) is 2. The smallest absolute Gasteiger partial charge is 0.329 e. The van der Waals surface area contributed by atoms with E-state index in [1.807, 2.05) is 0 Å². The first-order valence-electron chi connectivity index (χ1n) is 12.4. The van der Waals surface area contributed by atoms with E-state index in [9.17, 15) is 43.8 Å². The van der Waals surface area contributed by atoms with E-state index in [1.54, 1.807) is 39.0 Å². The van der Waals surface area contributed by atoms with Gasteiger partial charge in [0.05, 0.1) is 0 Å². The van der Waals surface area contributed by atoms with Gasteiger partial charge in [0.1, 0.15) is 17.5 Å². The van der Waals surface area contributed by atoms with Gasteiger partial charge in [-0.15, -0.1) is 11.8 Å². The quantitative estimate of drug-likeness (QED) is 0.302. The van der Waals surface area contributed by atoms with Crippen LogP contribution >= 0.6 is 11.8 Å². The van der Waals surface area contributed by atoms with Crippen LogP contribution in [0, 0.1) is 0 Å². The Morgan fingerprint density at radius 2 is 1.65 bits per heavy atom. The first-order chi connectivity index (χ1) is 18.7. The summed E-state index contributed by atoms with van der Waals surface area (Å²) in [5.41, 5.74) is 0.245. The predicted octanol–water partition coefficient (Wildman–Crippen LogP) is -0.149. The number of carbonyl (C=O) groups excluding carboxylic acids is 5. The van der Waals surface area contributed by atoms with Crippen molar-refractivity contribution in [3.05, 3.63) is 35.9 Å². The molecule has 6 amide bonds. The molecule has 40 heavy (non-hydrogen) atoms. The number of hydrogen-bond donors (Lipinski definition) is 4. The molecule has 0 saturated carbocycles. The van der Waals surface area contributed by atoms with E-state index in [1.165, 1.54) is 17.0 Å². The van der Waals surface area contributed by atoms with Gasteiger partial charge in [0.15, 0.2) is 6.04 Å². The Morgan fingerprint density at radius 1 is 1.02 bits per heavy atom. The molecule has 0 bridgehead atoms. The van der Waals surface area contributed by atoms with Crippen LogP contribution in [0.25, 0.3) is 0 Å². The molecule has 2 aliphatic rings. The van der Waals surface area contributed by atoms with Gasteiger partial charge in [0.2, 0.25) is 11.8 Å². The molecule has 0 aromatic heterocycles. The van der Waals surface area contributed by atoms with Crippen molar-refractivity contribution in [1.82, 2.24) is 25.3 Å². The number of imide groups is 1. The Morgan fingerprint density at radius 3 is 2.17 bits per heavy atom. The molecular formula is C25H31N5O9S. The van der Waals surface area contributed by atoms with Crippen LogP contribution in [0.3, 0.4) is 0 Å². The Kier molecular flexibility index (Phi) is 9.07. The molecule has 2 heterocycles. The molecule has 14 nitrogen and oxygen atoms in total. The number of amides is 6. The van der Waals surface area contributed by atoms with Gasteiger partial charge in [-0.25, -0.2) is 14.4 Å². The number of aliphatic carboxylic acids is 2. The molecule has 216 valence electrons. The molecular weight excluding hydrogens is 546 g/mol. The Labute approximate surface area is 234 Å². The van der Waals surface area contributed by atoms with Crippen LogP contribution in [0.4, 0.5) is 4.79 Å². The highest BCUT2D eigenvalue weighted by Gasteiger charge is 2.56. The molecule has 0 aliphatic carbocycles. The summed E-state index contributed by atoms with van der Waals surface area (Å²) in [6, 6.07) is 2.15. The number of rotatable bonds is 8. The lowest BCUT2D eigenvalue weighted by Crippen LogP contribution is -2.60. The minimum atomic E-state index is -1.76. The van der Waals surface area contributed by atoms with Gasteiger partial charge in [-0.2, -0.15) is 0 Å². The number of thioether (sulfide) groups is 1. The van der Waals surface area contributed by atoms with Gasteiger partial charge in [-0.1, -0.05) is 30.3 Å². The number of benzene rings is 1. The number of carboxylic acids is 2. The summed E-state index contributed by atoms with van der Waals surface area (Å²) in [6.07, 6.45) is 0. The zero-order valence-corrected chi connectivity index (χ0v) is 23.1. The maximum atomic E-state index is 13.5.